The highest BCUT2D eigenvalue weighted by Crippen LogP contribution is 2.20. The van der Waals surface area contributed by atoms with Crippen LogP contribution in [0.3, 0.4) is 0 Å². The fraction of sp³-hybridized carbons (Fsp3) is 0.278. The first kappa shape index (κ1) is 17.4. The van der Waals surface area contributed by atoms with Crippen molar-refractivity contribution in [1.82, 2.24) is 20.2 Å². The van der Waals surface area contributed by atoms with Crippen molar-refractivity contribution in [3.63, 3.8) is 0 Å². The van der Waals surface area contributed by atoms with Gasteiger partial charge in [0.2, 0.25) is 5.16 Å². The predicted octanol–water partition coefficient (Wildman–Crippen LogP) is 2.81. The number of benzene rings is 2. The van der Waals surface area contributed by atoms with Crippen LogP contribution >= 0.6 is 11.8 Å². The number of aliphatic hydroxyl groups is 1. The van der Waals surface area contributed by atoms with E-state index in [0.29, 0.717) is 10.9 Å². The van der Waals surface area contributed by atoms with Gasteiger partial charge in [0.25, 0.3) is 0 Å². The largest absolute Gasteiger partial charge is 0.491 e. The van der Waals surface area contributed by atoms with Gasteiger partial charge in [-0.1, -0.05) is 41.6 Å². The third-order valence-corrected chi connectivity index (χ3v) is 4.62. The summed E-state index contributed by atoms with van der Waals surface area (Å²) < 4.78 is 7.29. The lowest BCUT2D eigenvalue weighted by molar-refractivity contribution is 0.126. The van der Waals surface area contributed by atoms with Gasteiger partial charge in [0.15, 0.2) is 0 Å². The molecule has 2 aromatic carbocycles. The molecule has 1 N–H and O–H groups in total. The SMILES string of the molecule is Cc1ccc(-n2nnnc2SC[C@H](O)COc2cccc(C)c2)cc1. The smallest absolute Gasteiger partial charge is 0.214 e. The minimum Gasteiger partial charge on any atom is -0.491 e. The van der Waals surface area contributed by atoms with E-state index in [2.05, 4.69) is 15.5 Å². The zero-order valence-corrected chi connectivity index (χ0v) is 15.0. The van der Waals surface area contributed by atoms with E-state index < -0.39 is 6.10 Å². The van der Waals surface area contributed by atoms with Crippen molar-refractivity contribution >= 4 is 11.8 Å². The van der Waals surface area contributed by atoms with Crippen LogP contribution < -0.4 is 4.74 Å². The van der Waals surface area contributed by atoms with Crippen molar-refractivity contribution in [2.24, 2.45) is 0 Å². The van der Waals surface area contributed by atoms with E-state index in [0.717, 1.165) is 17.0 Å². The second kappa shape index (κ2) is 8.13. The van der Waals surface area contributed by atoms with Crippen molar-refractivity contribution in [3.8, 4) is 11.4 Å². The zero-order chi connectivity index (χ0) is 17.6. The summed E-state index contributed by atoms with van der Waals surface area (Å²) in [4.78, 5) is 0. The number of thioether (sulfide) groups is 1. The predicted molar refractivity (Wildman–Crippen MR) is 97.3 cm³/mol. The van der Waals surface area contributed by atoms with Crippen molar-refractivity contribution in [3.05, 3.63) is 59.7 Å². The minimum absolute atomic E-state index is 0.225. The Balaban J connectivity index is 1.55. The third-order valence-electron chi connectivity index (χ3n) is 3.56. The molecular formula is C18H20N4O2S. The van der Waals surface area contributed by atoms with Gasteiger partial charge in [-0.25, -0.2) is 0 Å². The zero-order valence-electron chi connectivity index (χ0n) is 14.2. The molecule has 0 bridgehead atoms. The molecule has 130 valence electrons. The fourth-order valence-electron chi connectivity index (χ4n) is 2.23. The Hall–Kier alpha value is -2.38. The summed E-state index contributed by atoms with van der Waals surface area (Å²) in [5, 5.41) is 22.6. The Labute approximate surface area is 150 Å². The quantitative estimate of drug-likeness (QED) is 0.656. The van der Waals surface area contributed by atoms with E-state index in [4.69, 9.17) is 4.74 Å². The number of ether oxygens (including phenoxy) is 1. The Morgan fingerprint density at radius 3 is 2.68 bits per heavy atom. The van der Waals surface area contributed by atoms with Crippen LogP contribution in [0.4, 0.5) is 0 Å². The van der Waals surface area contributed by atoms with Gasteiger partial charge in [-0.05, 0) is 54.1 Å². The van der Waals surface area contributed by atoms with Crippen LogP contribution in [0.2, 0.25) is 0 Å². The van der Waals surface area contributed by atoms with E-state index in [1.54, 1.807) is 4.68 Å². The molecule has 0 aliphatic heterocycles. The Morgan fingerprint density at radius 1 is 1.12 bits per heavy atom. The number of aliphatic hydroxyl groups excluding tert-OH is 1. The molecule has 0 unspecified atom stereocenters. The van der Waals surface area contributed by atoms with Crippen LogP contribution in [0.25, 0.3) is 5.69 Å². The molecule has 0 fully saturated rings. The highest BCUT2D eigenvalue weighted by atomic mass is 32.2. The molecule has 3 rings (SSSR count). The molecule has 0 aliphatic carbocycles. The Bertz CT molecular complexity index is 820. The van der Waals surface area contributed by atoms with Crippen molar-refractivity contribution in [2.45, 2.75) is 25.1 Å². The lowest BCUT2D eigenvalue weighted by atomic mass is 10.2. The van der Waals surface area contributed by atoms with Crippen LogP contribution in [-0.2, 0) is 0 Å². The van der Waals surface area contributed by atoms with Gasteiger partial charge >= 0.3 is 0 Å². The standard InChI is InChI=1S/C18H20N4O2S/c1-13-6-8-15(9-7-13)22-18(19-20-21-22)25-12-16(23)11-24-17-5-3-4-14(2)10-17/h3-10,16,23H,11-12H2,1-2H3/t16-/m1/s1. The third kappa shape index (κ3) is 4.80. The van der Waals surface area contributed by atoms with Crippen LogP contribution in [0, 0.1) is 13.8 Å². The van der Waals surface area contributed by atoms with Crippen molar-refractivity contribution < 1.29 is 9.84 Å². The van der Waals surface area contributed by atoms with Crippen LogP contribution in [0.1, 0.15) is 11.1 Å². The van der Waals surface area contributed by atoms with E-state index >= 15 is 0 Å². The van der Waals surface area contributed by atoms with E-state index in [1.165, 1.54) is 17.3 Å². The molecule has 1 atom stereocenters. The Morgan fingerprint density at radius 2 is 1.92 bits per heavy atom. The van der Waals surface area contributed by atoms with Gasteiger partial charge in [0.1, 0.15) is 12.4 Å². The summed E-state index contributed by atoms with van der Waals surface area (Å²) in [7, 11) is 0. The summed E-state index contributed by atoms with van der Waals surface area (Å²) in [6, 6.07) is 15.7. The first-order valence-electron chi connectivity index (χ1n) is 7.97. The second-order valence-corrected chi connectivity index (χ2v) is 6.79. The van der Waals surface area contributed by atoms with E-state index in [9.17, 15) is 5.11 Å². The highest BCUT2D eigenvalue weighted by molar-refractivity contribution is 7.99. The molecule has 0 saturated heterocycles. The number of aryl methyl sites for hydroxylation is 2. The van der Waals surface area contributed by atoms with Crippen LogP contribution in [0.5, 0.6) is 5.75 Å². The maximum atomic E-state index is 10.2. The number of aromatic nitrogens is 4. The van der Waals surface area contributed by atoms with Gasteiger partial charge < -0.3 is 9.84 Å². The topological polar surface area (TPSA) is 73.1 Å². The summed E-state index contributed by atoms with van der Waals surface area (Å²) in [5.41, 5.74) is 3.19. The molecule has 3 aromatic rings. The molecule has 0 spiro atoms. The maximum absolute atomic E-state index is 10.2. The van der Waals surface area contributed by atoms with Crippen LogP contribution in [0.15, 0.2) is 53.7 Å². The second-order valence-electron chi connectivity index (χ2n) is 5.80. The molecule has 6 nitrogen and oxygen atoms in total. The monoisotopic (exact) mass is 356 g/mol. The molecule has 1 aromatic heterocycles. The average molecular weight is 356 g/mol. The number of hydrogen-bond donors (Lipinski definition) is 1. The lowest BCUT2D eigenvalue weighted by Crippen LogP contribution is -2.20. The molecule has 25 heavy (non-hydrogen) atoms. The highest BCUT2D eigenvalue weighted by Gasteiger charge is 2.13. The number of rotatable bonds is 7. The summed E-state index contributed by atoms with van der Waals surface area (Å²) in [6.07, 6.45) is -0.617. The summed E-state index contributed by atoms with van der Waals surface area (Å²) in [5.74, 6) is 1.20. The number of nitrogens with zero attached hydrogens (tertiary/aromatic N) is 4. The van der Waals surface area contributed by atoms with Crippen molar-refractivity contribution in [2.75, 3.05) is 12.4 Å². The lowest BCUT2D eigenvalue weighted by Gasteiger charge is -2.12. The number of tetrazole rings is 1. The first-order valence-corrected chi connectivity index (χ1v) is 8.96. The molecule has 0 radical (unpaired) electrons. The van der Waals surface area contributed by atoms with E-state index in [-0.39, 0.29) is 6.61 Å². The van der Waals surface area contributed by atoms with Gasteiger partial charge in [-0.3, -0.25) is 0 Å². The van der Waals surface area contributed by atoms with Crippen molar-refractivity contribution in [1.29, 1.82) is 0 Å². The minimum atomic E-state index is -0.617. The summed E-state index contributed by atoms with van der Waals surface area (Å²) in [6.45, 7) is 4.26. The van der Waals surface area contributed by atoms with E-state index in [1.807, 2.05) is 62.4 Å². The van der Waals surface area contributed by atoms with Crippen LogP contribution in [-0.4, -0.2) is 43.8 Å². The first-order chi connectivity index (χ1) is 12.1. The molecule has 7 heteroatoms. The average Bonchev–Trinajstić information content (AvgIpc) is 3.07. The molecule has 1 heterocycles. The normalized spacial score (nSPS) is 12.1. The Kier molecular flexibility index (Phi) is 5.67. The molecular weight excluding hydrogens is 336 g/mol. The number of hydrogen-bond acceptors (Lipinski definition) is 6. The molecule has 0 aliphatic rings. The maximum Gasteiger partial charge on any atom is 0.214 e. The van der Waals surface area contributed by atoms with Gasteiger partial charge in [0.05, 0.1) is 11.8 Å². The molecule has 0 amide bonds. The fourth-order valence-corrected chi connectivity index (χ4v) is 3.03. The van der Waals surface area contributed by atoms with Gasteiger partial charge in [0, 0.05) is 5.75 Å². The van der Waals surface area contributed by atoms with Gasteiger partial charge in [-0.2, -0.15) is 4.68 Å². The molecule has 0 saturated carbocycles. The summed E-state index contributed by atoms with van der Waals surface area (Å²) >= 11 is 1.40. The van der Waals surface area contributed by atoms with Gasteiger partial charge in [-0.15, -0.1) is 5.10 Å².